The summed E-state index contributed by atoms with van der Waals surface area (Å²) in [4.78, 5) is 27.2. The summed E-state index contributed by atoms with van der Waals surface area (Å²) in [6.07, 6.45) is 1.51. The van der Waals surface area contributed by atoms with Gasteiger partial charge in [-0.05, 0) is 54.4 Å². The fraction of sp³-hybridized carbons (Fsp3) is 0.125. The van der Waals surface area contributed by atoms with E-state index in [1.807, 2.05) is 43.3 Å². The second kappa shape index (κ2) is 9.13. The Morgan fingerprint density at radius 1 is 1.00 bits per heavy atom. The molecule has 2 amide bonds. The van der Waals surface area contributed by atoms with Crippen LogP contribution in [-0.4, -0.2) is 31.4 Å². The third kappa shape index (κ3) is 4.72. The lowest BCUT2D eigenvalue weighted by molar-refractivity contribution is -0.119. The lowest BCUT2D eigenvalue weighted by Gasteiger charge is -2.23. The van der Waals surface area contributed by atoms with Crippen LogP contribution in [0.2, 0.25) is 0 Å². The highest BCUT2D eigenvalue weighted by atomic mass is 16.7. The van der Waals surface area contributed by atoms with Gasteiger partial charge in [0.2, 0.25) is 6.79 Å². The maximum Gasteiger partial charge on any atom is 0.260 e. The monoisotopic (exact) mass is 415 g/mol. The topological polar surface area (TPSA) is 80.2 Å². The predicted molar refractivity (Wildman–Crippen MR) is 118 cm³/mol. The van der Waals surface area contributed by atoms with Gasteiger partial charge in [-0.2, -0.15) is 5.10 Å². The average Bonchev–Trinajstić information content (AvgIpc) is 3.26. The summed E-state index contributed by atoms with van der Waals surface area (Å²) in [6.45, 7) is 1.92. The summed E-state index contributed by atoms with van der Waals surface area (Å²) < 4.78 is 10.6. The molecule has 4 rings (SSSR count). The Balaban J connectivity index is 1.48. The van der Waals surface area contributed by atoms with Gasteiger partial charge >= 0.3 is 0 Å². The van der Waals surface area contributed by atoms with Crippen LogP contribution >= 0.6 is 0 Å². The predicted octanol–water partition coefficient (Wildman–Crippen LogP) is 3.52. The van der Waals surface area contributed by atoms with Gasteiger partial charge < -0.3 is 9.47 Å². The molecule has 7 nitrogen and oxygen atoms in total. The molecule has 0 saturated heterocycles. The number of fused-ring (bicyclic) bond motifs is 1. The largest absolute Gasteiger partial charge is 0.454 e. The van der Waals surface area contributed by atoms with Crippen LogP contribution in [-0.2, 0) is 4.79 Å². The van der Waals surface area contributed by atoms with Crippen LogP contribution in [0.4, 0.5) is 5.69 Å². The van der Waals surface area contributed by atoms with Crippen LogP contribution in [0.25, 0.3) is 0 Å². The van der Waals surface area contributed by atoms with Gasteiger partial charge in [-0.1, -0.05) is 36.4 Å². The van der Waals surface area contributed by atoms with Crippen molar-refractivity contribution >= 4 is 23.7 Å². The maximum atomic E-state index is 13.1. The Hall–Kier alpha value is -4.13. The molecule has 0 bridgehead atoms. The molecule has 1 N–H and O–H groups in total. The van der Waals surface area contributed by atoms with Crippen molar-refractivity contribution in [2.45, 2.75) is 6.92 Å². The van der Waals surface area contributed by atoms with Gasteiger partial charge in [0.25, 0.3) is 11.8 Å². The summed E-state index contributed by atoms with van der Waals surface area (Å²) in [5.74, 6) is 0.637. The zero-order valence-corrected chi connectivity index (χ0v) is 16.9. The van der Waals surface area contributed by atoms with E-state index in [1.54, 1.807) is 36.4 Å². The number of rotatable bonds is 6. The molecule has 3 aromatic rings. The summed E-state index contributed by atoms with van der Waals surface area (Å²) in [6, 6.07) is 21.7. The van der Waals surface area contributed by atoms with Crippen molar-refractivity contribution in [3.8, 4) is 11.5 Å². The number of carbonyl (C=O) groups excluding carboxylic acids is 2. The summed E-state index contributed by atoms with van der Waals surface area (Å²) >= 11 is 0. The van der Waals surface area contributed by atoms with Crippen molar-refractivity contribution in [2.75, 3.05) is 18.2 Å². The van der Waals surface area contributed by atoms with Gasteiger partial charge in [-0.25, -0.2) is 5.43 Å². The summed E-state index contributed by atoms with van der Waals surface area (Å²) in [5, 5.41) is 4.01. The van der Waals surface area contributed by atoms with Crippen molar-refractivity contribution in [1.29, 1.82) is 0 Å². The molecule has 0 radical (unpaired) electrons. The molecule has 0 spiro atoms. The standard InChI is InChI=1S/C24H21N3O4/c1-17-7-5-6-10-20(17)27(24(29)19-8-3-2-4-9-19)15-23(28)26-25-14-18-11-12-21-22(13-18)31-16-30-21/h2-14H,15-16H2,1H3,(H,26,28)/b25-14+. The van der Waals surface area contributed by atoms with E-state index in [2.05, 4.69) is 10.5 Å². The van der Waals surface area contributed by atoms with Crippen molar-refractivity contribution in [2.24, 2.45) is 5.10 Å². The smallest absolute Gasteiger partial charge is 0.260 e. The van der Waals surface area contributed by atoms with Gasteiger partial charge in [0.05, 0.1) is 6.21 Å². The van der Waals surface area contributed by atoms with Gasteiger partial charge in [-0.3, -0.25) is 14.5 Å². The van der Waals surface area contributed by atoms with Crippen LogP contribution in [0.5, 0.6) is 11.5 Å². The van der Waals surface area contributed by atoms with E-state index in [1.165, 1.54) is 11.1 Å². The average molecular weight is 415 g/mol. The molecule has 3 aromatic carbocycles. The number of aryl methyl sites for hydroxylation is 1. The maximum absolute atomic E-state index is 13.1. The zero-order valence-electron chi connectivity index (χ0n) is 16.9. The minimum absolute atomic E-state index is 0.170. The second-order valence-electron chi connectivity index (χ2n) is 6.95. The highest BCUT2D eigenvalue weighted by Gasteiger charge is 2.21. The number of para-hydroxylation sites is 1. The number of benzene rings is 3. The Bertz CT molecular complexity index is 1130. The number of ether oxygens (including phenoxy) is 2. The number of hydrazone groups is 1. The van der Waals surface area contributed by atoms with Crippen molar-refractivity contribution in [1.82, 2.24) is 5.43 Å². The Morgan fingerprint density at radius 2 is 1.74 bits per heavy atom. The molecule has 0 aliphatic carbocycles. The fourth-order valence-corrected chi connectivity index (χ4v) is 3.22. The third-order valence-electron chi connectivity index (χ3n) is 4.77. The molecule has 0 unspecified atom stereocenters. The first-order chi connectivity index (χ1) is 15.1. The lowest BCUT2D eigenvalue weighted by atomic mass is 10.1. The number of hydrogen-bond donors (Lipinski definition) is 1. The van der Waals surface area contributed by atoms with Crippen LogP contribution < -0.4 is 19.8 Å². The van der Waals surface area contributed by atoms with Crippen molar-refractivity contribution in [3.63, 3.8) is 0 Å². The molecule has 0 aromatic heterocycles. The molecule has 1 aliphatic heterocycles. The van der Waals surface area contributed by atoms with Gasteiger partial charge in [0.15, 0.2) is 11.5 Å². The summed E-state index contributed by atoms with van der Waals surface area (Å²) in [7, 11) is 0. The Kier molecular flexibility index (Phi) is 5.93. The summed E-state index contributed by atoms with van der Waals surface area (Å²) in [5.41, 5.74) is 5.31. The molecule has 0 saturated carbocycles. The number of nitrogens with one attached hydrogen (secondary N) is 1. The first-order valence-electron chi connectivity index (χ1n) is 9.76. The molecule has 7 heteroatoms. The molecular formula is C24H21N3O4. The highest BCUT2D eigenvalue weighted by Crippen LogP contribution is 2.32. The number of anilines is 1. The Labute approximate surface area is 179 Å². The molecular weight excluding hydrogens is 394 g/mol. The van der Waals surface area contributed by atoms with Crippen LogP contribution in [0.15, 0.2) is 77.9 Å². The molecule has 0 atom stereocenters. The number of nitrogens with zero attached hydrogens (tertiary/aromatic N) is 2. The first-order valence-corrected chi connectivity index (χ1v) is 9.76. The molecule has 1 aliphatic rings. The third-order valence-corrected chi connectivity index (χ3v) is 4.77. The second-order valence-corrected chi connectivity index (χ2v) is 6.95. The highest BCUT2D eigenvalue weighted by molar-refractivity contribution is 6.09. The minimum Gasteiger partial charge on any atom is -0.454 e. The number of carbonyl (C=O) groups is 2. The van der Waals surface area contributed by atoms with E-state index in [4.69, 9.17) is 9.47 Å². The first kappa shape index (κ1) is 20.2. The van der Waals surface area contributed by atoms with Gasteiger partial charge in [0, 0.05) is 11.3 Å². The molecule has 0 fully saturated rings. The van der Waals surface area contributed by atoms with Crippen LogP contribution in [0.3, 0.4) is 0 Å². The van der Waals surface area contributed by atoms with Gasteiger partial charge in [-0.15, -0.1) is 0 Å². The van der Waals surface area contributed by atoms with E-state index < -0.39 is 5.91 Å². The fourth-order valence-electron chi connectivity index (χ4n) is 3.22. The molecule has 156 valence electrons. The van der Waals surface area contributed by atoms with Crippen LogP contribution in [0, 0.1) is 6.92 Å². The van der Waals surface area contributed by atoms with Gasteiger partial charge in [0.1, 0.15) is 6.54 Å². The number of amides is 2. The van der Waals surface area contributed by atoms with E-state index >= 15 is 0 Å². The van der Waals surface area contributed by atoms with Crippen molar-refractivity contribution in [3.05, 3.63) is 89.5 Å². The zero-order chi connectivity index (χ0) is 21.6. The SMILES string of the molecule is Cc1ccccc1N(CC(=O)N/N=C/c1ccc2c(c1)OCO2)C(=O)c1ccccc1. The van der Waals surface area contributed by atoms with E-state index in [0.29, 0.717) is 22.7 Å². The lowest BCUT2D eigenvalue weighted by Crippen LogP contribution is -2.40. The molecule has 1 heterocycles. The van der Waals surface area contributed by atoms with Crippen LogP contribution in [0.1, 0.15) is 21.5 Å². The quantitative estimate of drug-likeness (QED) is 0.493. The number of hydrogen-bond acceptors (Lipinski definition) is 5. The normalized spacial score (nSPS) is 12.0. The van der Waals surface area contributed by atoms with E-state index in [0.717, 1.165) is 11.1 Å². The Morgan fingerprint density at radius 3 is 2.55 bits per heavy atom. The minimum atomic E-state index is -0.412. The van der Waals surface area contributed by atoms with E-state index in [-0.39, 0.29) is 19.2 Å². The molecule has 31 heavy (non-hydrogen) atoms. The van der Waals surface area contributed by atoms with Crippen molar-refractivity contribution < 1.29 is 19.1 Å². The van der Waals surface area contributed by atoms with E-state index in [9.17, 15) is 9.59 Å².